The van der Waals surface area contributed by atoms with Crippen molar-refractivity contribution in [1.82, 2.24) is 0 Å². The minimum absolute atomic E-state index is 0.0342. The largest absolute Gasteiger partial charge is 0.483 e. The Labute approximate surface area is 259 Å². The van der Waals surface area contributed by atoms with E-state index in [1.807, 2.05) is 6.07 Å². The molecule has 0 saturated heterocycles. The smallest absolute Gasteiger partial charge is 0.262 e. The zero-order chi connectivity index (χ0) is 31.1. The van der Waals surface area contributed by atoms with E-state index >= 15 is 0 Å². The predicted octanol–water partition coefficient (Wildman–Crippen LogP) is 8.89. The highest BCUT2D eigenvalue weighted by Gasteiger charge is 2.23. The Morgan fingerprint density at radius 3 is 2.26 bits per heavy atom. The fourth-order valence-corrected chi connectivity index (χ4v) is 4.61. The first-order valence-electron chi connectivity index (χ1n) is 14.2. The van der Waals surface area contributed by atoms with E-state index in [1.54, 1.807) is 30.3 Å². The van der Waals surface area contributed by atoms with Crippen LogP contribution in [0.1, 0.15) is 82.3 Å². The summed E-state index contributed by atoms with van der Waals surface area (Å²) in [6.07, 6.45) is 2.45. The normalized spacial score (nSPS) is 11.6. The van der Waals surface area contributed by atoms with Gasteiger partial charge in [-0.25, -0.2) is 0 Å². The molecule has 3 rings (SSSR count). The van der Waals surface area contributed by atoms with Crippen LogP contribution >= 0.6 is 23.2 Å². The number of carbonyl (C=O) groups is 3. The summed E-state index contributed by atoms with van der Waals surface area (Å²) < 4.78 is 6.02. The second kappa shape index (κ2) is 14.2. The average molecular weight is 612 g/mol. The summed E-state index contributed by atoms with van der Waals surface area (Å²) in [5, 5.41) is 6.12. The number of ether oxygens (including phenoxy) is 1. The van der Waals surface area contributed by atoms with Crippen LogP contribution in [0.2, 0.25) is 10.0 Å². The summed E-state index contributed by atoms with van der Waals surface area (Å²) in [4.78, 5) is 38.1. The van der Waals surface area contributed by atoms with Crippen LogP contribution in [0, 0.1) is 5.41 Å². The minimum Gasteiger partial charge on any atom is -0.483 e. The van der Waals surface area contributed by atoms with E-state index in [1.165, 1.54) is 17.7 Å². The molecule has 0 unspecified atom stereocenters. The van der Waals surface area contributed by atoms with E-state index in [0.717, 1.165) is 24.8 Å². The number of Topliss-reactive ketones (excluding diaryl/α,β-unsaturated/α-hetero) is 1. The topological polar surface area (TPSA) is 84.5 Å². The van der Waals surface area contributed by atoms with Gasteiger partial charge in [0.2, 0.25) is 5.91 Å². The number of amides is 2. The van der Waals surface area contributed by atoms with Crippen LogP contribution < -0.4 is 15.4 Å². The number of rotatable bonds is 13. The van der Waals surface area contributed by atoms with Gasteiger partial charge >= 0.3 is 0 Å². The van der Waals surface area contributed by atoms with Gasteiger partial charge in [-0.05, 0) is 71.2 Å². The first kappa shape index (κ1) is 33.2. The van der Waals surface area contributed by atoms with Gasteiger partial charge in [-0.15, -0.1) is 0 Å². The zero-order valence-corrected chi connectivity index (χ0v) is 26.7. The van der Waals surface area contributed by atoms with Gasteiger partial charge in [-0.3, -0.25) is 14.4 Å². The molecule has 0 bridgehead atoms. The van der Waals surface area contributed by atoms with Crippen LogP contribution in [0.4, 0.5) is 11.4 Å². The molecule has 0 atom stereocenters. The number of carbonyl (C=O) groups excluding carboxylic acids is 3. The van der Waals surface area contributed by atoms with Gasteiger partial charge in [-0.1, -0.05) is 95.4 Å². The molecule has 3 aromatic carbocycles. The molecule has 0 aliphatic carbocycles. The second-order valence-corrected chi connectivity index (χ2v) is 12.8. The lowest BCUT2D eigenvalue weighted by molar-refractivity contribution is -0.118. The van der Waals surface area contributed by atoms with Crippen LogP contribution in [0.15, 0.2) is 60.7 Å². The maximum atomic E-state index is 12.8. The average Bonchev–Trinajstić information content (AvgIpc) is 2.94. The van der Waals surface area contributed by atoms with Gasteiger partial charge in [0.25, 0.3) is 5.91 Å². The van der Waals surface area contributed by atoms with Crippen molar-refractivity contribution >= 4 is 52.2 Å². The van der Waals surface area contributed by atoms with Gasteiger partial charge in [0.05, 0.1) is 17.1 Å². The molecule has 0 spiro atoms. The van der Waals surface area contributed by atoms with Gasteiger partial charge in [-0.2, -0.15) is 0 Å². The van der Waals surface area contributed by atoms with E-state index in [-0.39, 0.29) is 23.3 Å². The van der Waals surface area contributed by atoms with Gasteiger partial charge in [0.15, 0.2) is 12.4 Å². The number of hydrogen-bond acceptors (Lipinski definition) is 4. The Hall–Kier alpha value is -3.35. The lowest BCUT2D eigenvalue weighted by Crippen LogP contribution is -2.22. The number of benzene rings is 3. The Bertz CT molecular complexity index is 1450. The lowest BCUT2D eigenvalue weighted by Gasteiger charge is -2.28. The number of anilines is 2. The molecular formula is C34H40Cl2N2O4. The van der Waals surface area contributed by atoms with E-state index in [2.05, 4.69) is 64.3 Å². The third-order valence-electron chi connectivity index (χ3n) is 7.70. The highest BCUT2D eigenvalue weighted by molar-refractivity contribution is 6.35. The summed E-state index contributed by atoms with van der Waals surface area (Å²) in [6, 6.07) is 17.4. The Kier molecular flexibility index (Phi) is 11.2. The predicted molar refractivity (Wildman–Crippen MR) is 172 cm³/mol. The molecule has 0 aliphatic rings. The first-order chi connectivity index (χ1) is 19.7. The molecule has 0 heterocycles. The molecule has 0 aromatic heterocycles. The molecule has 2 amide bonds. The third kappa shape index (κ3) is 9.33. The van der Waals surface area contributed by atoms with Gasteiger partial charge < -0.3 is 15.4 Å². The SMILES string of the molecule is CCC(C)(C)Cc1cc(C(C)(C)CC)ccc1OCC(=O)Nc1cccc(C(=O)CC(=O)Nc2cc(Cl)ccc2Cl)c1. The van der Waals surface area contributed by atoms with Crippen LogP contribution in [0.25, 0.3) is 0 Å². The van der Waals surface area contributed by atoms with Crippen molar-refractivity contribution in [2.75, 3.05) is 17.2 Å². The molecule has 0 saturated carbocycles. The van der Waals surface area contributed by atoms with Crippen molar-refractivity contribution in [2.24, 2.45) is 5.41 Å². The quantitative estimate of drug-likeness (QED) is 0.149. The van der Waals surface area contributed by atoms with E-state index in [4.69, 9.17) is 27.9 Å². The summed E-state index contributed by atoms with van der Waals surface area (Å²) in [7, 11) is 0. The molecule has 0 aliphatic heterocycles. The molecule has 0 fully saturated rings. The van der Waals surface area contributed by atoms with Crippen molar-refractivity contribution < 1.29 is 19.1 Å². The monoisotopic (exact) mass is 610 g/mol. The molecule has 0 radical (unpaired) electrons. The molecule has 224 valence electrons. The Morgan fingerprint density at radius 2 is 1.57 bits per heavy atom. The summed E-state index contributed by atoms with van der Waals surface area (Å²) in [6.45, 7) is 13.1. The molecule has 2 N–H and O–H groups in total. The summed E-state index contributed by atoms with van der Waals surface area (Å²) in [5.41, 5.74) is 3.49. The number of hydrogen-bond donors (Lipinski definition) is 2. The summed E-state index contributed by atoms with van der Waals surface area (Å²) in [5.74, 6) is -0.595. The maximum Gasteiger partial charge on any atom is 0.262 e. The molecule has 6 nitrogen and oxygen atoms in total. The van der Waals surface area contributed by atoms with Crippen molar-refractivity contribution in [2.45, 2.75) is 72.6 Å². The van der Waals surface area contributed by atoms with Crippen LogP contribution in [-0.2, 0) is 21.4 Å². The number of nitrogens with one attached hydrogen (secondary N) is 2. The van der Waals surface area contributed by atoms with Crippen LogP contribution in [-0.4, -0.2) is 24.2 Å². The maximum absolute atomic E-state index is 12.8. The second-order valence-electron chi connectivity index (χ2n) is 11.9. The van der Waals surface area contributed by atoms with Crippen LogP contribution in [0.5, 0.6) is 5.75 Å². The molecule has 8 heteroatoms. The molecular weight excluding hydrogens is 571 g/mol. The Balaban J connectivity index is 1.65. The fraction of sp³-hybridized carbons (Fsp3) is 0.382. The number of ketones is 1. The van der Waals surface area contributed by atoms with Crippen molar-refractivity contribution in [3.63, 3.8) is 0 Å². The number of halogens is 2. The van der Waals surface area contributed by atoms with E-state index in [0.29, 0.717) is 32.7 Å². The standard InChI is InChI=1S/C34H40Cl2N2O4/c1-7-33(3,4)20-23-16-24(34(5,6)8-2)12-15-30(23)42-21-32(41)37-26-11-9-10-22(17-26)29(39)19-31(40)38-28-18-25(35)13-14-27(28)36/h9-18H,7-8,19-21H2,1-6H3,(H,37,41)(H,38,40). The minimum atomic E-state index is -0.526. The fourth-order valence-electron chi connectivity index (χ4n) is 4.27. The van der Waals surface area contributed by atoms with Crippen LogP contribution in [0.3, 0.4) is 0 Å². The first-order valence-corrected chi connectivity index (χ1v) is 14.9. The lowest BCUT2D eigenvalue weighted by atomic mass is 9.78. The summed E-state index contributed by atoms with van der Waals surface area (Å²) >= 11 is 12.1. The van der Waals surface area contributed by atoms with Gasteiger partial charge in [0.1, 0.15) is 5.75 Å². The van der Waals surface area contributed by atoms with E-state index < -0.39 is 18.1 Å². The third-order valence-corrected chi connectivity index (χ3v) is 8.27. The van der Waals surface area contributed by atoms with E-state index in [9.17, 15) is 14.4 Å². The highest BCUT2D eigenvalue weighted by Crippen LogP contribution is 2.35. The highest BCUT2D eigenvalue weighted by atomic mass is 35.5. The molecule has 42 heavy (non-hydrogen) atoms. The Morgan fingerprint density at radius 1 is 0.833 bits per heavy atom. The van der Waals surface area contributed by atoms with Crippen molar-refractivity contribution in [3.05, 3.63) is 87.4 Å². The van der Waals surface area contributed by atoms with Crippen molar-refractivity contribution in [1.29, 1.82) is 0 Å². The zero-order valence-electron chi connectivity index (χ0n) is 25.2. The molecule has 3 aromatic rings. The van der Waals surface area contributed by atoms with Crippen molar-refractivity contribution in [3.8, 4) is 5.75 Å². The van der Waals surface area contributed by atoms with Gasteiger partial charge in [0, 0.05) is 16.3 Å².